The first-order chi connectivity index (χ1) is 17.3. The van der Waals surface area contributed by atoms with Crippen molar-refractivity contribution in [1.29, 1.82) is 0 Å². The smallest absolute Gasteiger partial charge is 0.331 e. The van der Waals surface area contributed by atoms with Crippen molar-refractivity contribution in [1.82, 2.24) is 9.55 Å². The topological polar surface area (TPSA) is 137 Å². The highest BCUT2D eigenvalue weighted by Crippen LogP contribution is 2.20. The number of carbonyl (C=O) groups is 2. The molecule has 0 bridgehead atoms. The van der Waals surface area contributed by atoms with Gasteiger partial charge in [-0.25, -0.2) is 9.59 Å². The summed E-state index contributed by atoms with van der Waals surface area (Å²) in [5, 5.41) is 0. The van der Waals surface area contributed by atoms with Crippen LogP contribution in [0.2, 0.25) is 0 Å². The Balaban J connectivity index is 1.75. The quantitative estimate of drug-likeness (QED) is 0.327. The van der Waals surface area contributed by atoms with Gasteiger partial charge in [0.15, 0.2) is 12.3 Å². The summed E-state index contributed by atoms with van der Waals surface area (Å²) in [5.41, 5.74) is 5.94. The number of aromatic nitrogens is 2. The molecule has 1 aromatic heterocycles. The molecule has 0 fully saturated rings. The number of aromatic amines is 1. The van der Waals surface area contributed by atoms with Crippen molar-refractivity contribution >= 4 is 29.5 Å². The number of esters is 1. The van der Waals surface area contributed by atoms with Gasteiger partial charge in [0, 0.05) is 18.2 Å². The number of carbonyl (C=O) groups excluding carboxylic acids is 2. The van der Waals surface area contributed by atoms with Gasteiger partial charge < -0.3 is 20.1 Å². The summed E-state index contributed by atoms with van der Waals surface area (Å²) in [4.78, 5) is 53.3. The number of likely N-dealkylation sites (N-methyl/N-ethyl adjacent to an activating group) is 1. The Morgan fingerprint density at radius 1 is 1.06 bits per heavy atom. The number of benzene rings is 2. The molecule has 0 aliphatic rings. The number of ether oxygens (including phenoxy) is 2. The maximum atomic E-state index is 12.9. The first-order valence-corrected chi connectivity index (χ1v) is 11.4. The number of para-hydroxylation sites is 1. The fourth-order valence-electron chi connectivity index (χ4n) is 3.54. The number of nitrogen functional groups attached to an aromatic ring is 1. The molecule has 10 heteroatoms. The molecule has 3 N–H and O–H groups in total. The summed E-state index contributed by atoms with van der Waals surface area (Å²) in [6.07, 6.45) is 2.71. The fourth-order valence-corrected chi connectivity index (χ4v) is 3.54. The average molecular weight is 493 g/mol. The Labute approximate surface area is 207 Å². The van der Waals surface area contributed by atoms with Crippen molar-refractivity contribution in [2.75, 3.05) is 30.4 Å². The first-order valence-electron chi connectivity index (χ1n) is 11.4. The van der Waals surface area contributed by atoms with E-state index < -0.39 is 29.7 Å². The summed E-state index contributed by atoms with van der Waals surface area (Å²) in [6, 6.07) is 16.2. The van der Waals surface area contributed by atoms with E-state index in [0.717, 1.165) is 10.5 Å². The van der Waals surface area contributed by atoms with Crippen molar-refractivity contribution in [2.45, 2.75) is 20.4 Å². The van der Waals surface area contributed by atoms with Gasteiger partial charge in [0.2, 0.25) is 0 Å². The molecule has 10 nitrogen and oxygen atoms in total. The van der Waals surface area contributed by atoms with Gasteiger partial charge in [-0.2, -0.15) is 0 Å². The Morgan fingerprint density at radius 2 is 1.75 bits per heavy atom. The predicted molar refractivity (Wildman–Crippen MR) is 137 cm³/mol. The minimum Gasteiger partial charge on any atom is -0.493 e. The van der Waals surface area contributed by atoms with Crippen LogP contribution in [0.5, 0.6) is 5.75 Å². The van der Waals surface area contributed by atoms with Crippen molar-refractivity contribution in [3.63, 3.8) is 0 Å². The van der Waals surface area contributed by atoms with Crippen LogP contribution in [-0.2, 0) is 20.9 Å². The molecule has 0 radical (unpaired) electrons. The van der Waals surface area contributed by atoms with Gasteiger partial charge in [-0.1, -0.05) is 48.5 Å². The molecule has 188 valence electrons. The number of nitrogens with two attached hydrogens (primary N) is 1. The Morgan fingerprint density at radius 3 is 2.44 bits per heavy atom. The largest absolute Gasteiger partial charge is 0.493 e. The second kappa shape index (κ2) is 12.2. The molecule has 3 aromatic rings. The second-order valence-electron chi connectivity index (χ2n) is 7.61. The van der Waals surface area contributed by atoms with Gasteiger partial charge in [-0.05, 0) is 31.6 Å². The Hall–Kier alpha value is -4.60. The molecule has 0 spiro atoms. The zero-order valence-corrected chi connectivity index (χ0v) is 20.1. The van der Waals surface area contributed by atoms with E-state index in [9.17, 15) is 19.2 Å². The second-order valence-corrected chi connectivity index (χ2v) is 7.61. The number of hydrogen-bond donors (Lipinski definition) is 2. The van der Waals surface area contributed by atoms with Gasteiger partial charge in [-0.3, -0.25) is 19.1 Å². The third kappa shape index (κ3) is 6.29. The minimum absolute atomic E-state index is 0.0603. The van der Waals surface area contributed by atoms with Crippen LogP contribution in [0.1, 0.15) is 25.0 Å². The number of amides is 1. The molecule has 3 rings (SSSR count). The van der Waals surface area contributed by atoms with Gasteiger partial charge >= 0.3 is 11.7 Å². The molecule has 2 aromatic carbocycles. The lowest BCUT2D eigenvalue weighted by Crippen LogP contribution is -2.42. The van der Waals surface area contributed by atoms with Crippen molar-refractivity contribution in [3.8, 4) is 5.75 Å². The van der Waals surface area contributed by atoms with Crippen LogP contribution in [0.4, 0.5) is 11.5 Å². The third-order valence-corrected chi connectivity index (χ3v) is 5.24. The third-order valence-electron chi connectivity index (χ3n) is 5.24. The molecule has 0 aliphatic carbocycles. The molecule has 36 heavy (non-hydrogen) atoms. The minimum atomic E-state index is -0.809. The summed E-state index contributed by atoms with van der Waals surface area (Å²) in [7, 11) is 0. The van der Waals surface area contributed by atoms with Crippen LogP contribution in [0.25, 0.3) is 6.08 Å². The van der Waals surface area contributed by atoms with Crippen LogP contribution < -0.4 is 26.6 Å². The highest BCUT2D eigenvalue weighted by atomic mass is 16.5. The molecular weight excluding hydrogens is 464 g/mol. The predicted octanol–water partition coefficient (Wildman–Crippen LogP) is 2.18. The molecule has 0 atom stereocenters. The number of H-pyrrole nitrogens is 1. The monoisotopic (exact) mass is 492 g/mol. The maximum Gasteiger partial charge on any atom is 0.331 e. The van der Waals surface area contributed by atoms with E-state index in [4.69, 9.17) is 15.2 Å². The molecule has 0 aliphatic heterocycles. The van der Waals surface area contributed by atoms with E-state index in [1.54, 1.807) is 37.3 Å². The lowest BCUT2D eigenvalue weighted by atomic mass is 10.2. The number of hydrogen-bond acceptors (Lipinski definition) is 7. The van der Waals surface area contributed by atoms with Crippen molar-refractivity contribution in [3.05, 3.63) is 92.6 Å². The molecule has 1 amide bonds. The summed E-state index contributed by atoms with van der Waals surface area (Å²) >= 11 is 0. The average Bonchev–Trinajstić information content (AvgIpc) is 2.87. The lowest BCUT2D eigenvalue weighted by Gasteiger charge is -2.23. The Bertz CT molecular complexity index is 1360. The molecule has 0 saturated heterocycles. The van der Waals surface area contributed by atoms with Crippen LogP contribution in [-0.4, -0.2) is 41.2 Å². The molecular formula is C26H28N4O6. The Kier molecular flexibility index (Phi) is 8.82. The lowest BCUT2D eigenvalue weighted by molar-refractivity contribution is -0.142. The summed E-state index contributed by atoms with van der Waals surface area (Å²) in [5.74, 6) is -0.975. The van der Waals surface area contributed by atoms with E-state index in [2.05, 4.69) is 4.98 Å². The first kappa shape index (κ1) is 26.0. The van der Waals surface area contributed by atoms with E-state index in [1.807, 2.05) is 31.2 Å². The summed E-state index contributed by atoms with van der Waals surface area (Å²) < 4.78 is 11.8. The van der Waals surface area contributed by atoms with Crippen LogP contribution >= 0.6 is 0 Å². The van der Waals surface area contributed by atoms with Crippen LogP contribution in [0.3, 0.4) is 0 Å². The standard InChI is InChI=1S/C26H28N4O6/c1-3-29(21(31)17-36-22(32)15-14-19-12-8-9-13-20(19)35-4-2)23-24(27)30(26(34)28-25(23)33)16-18-10-6-5-7-11-18/h5-15H,3-4,16-17,27H2,1-2H3,(H,28,33,34)/b15-14+. The zero-order chi connectivity index (χ0) is 26.1. The molecule has 1 heterocycles. The van der Waals surface area contributed by atoms with E-state index in [0.29, 0.717) is 17.9 Å². The van der Waals surface area contributed by atoms with Gasteiger partial charge in [-0.15, -0.1) is 0 Å². The maximum absolute atomic E-state index is 12.9. The van der Waals surface area contributed by atoms with Crippen molar-refractivity contribution in [2.24, 2.45) is 0 Å². The van der Waals surface area contributed by atoms with E-state index in [-0.39, 0.29) is 24.6 Å². The SMILES string of the molecule is CCOc1ccccc1/C=C/C(=O)OCC(=O)N(CC)c1c(N)n(Cc2ccccc2)c(=O)[nH]c1=O. The number of anilines is 2. The van der Waals surface area contributed by atoms with Gasteiger partial charge in [0.1, 0.15) is 11.6 Å². The highest BCUT2D eigenvalue weighted by molar-refractivity contribution is 5.98. The van der Waals surface area contributed by atoms with Crippen LogP contribution in [0, 0.1) is 0 Å². The normalized spacial score (nSPS) is 10.8. The van der Waals surface area contributed by atoms with E-state index in [1.165, 1.54) is 16.7 Å². The van der Waals surface area contributed by atoms with Gasteiger partial charge in [0.05, 0.1) is 13.2 Å². The van der Waals surface area contributed by atoms with E-state index >= 15 is 0 Å². The van der Waals surface area contributed by atoms with Crippen molar-refractivity contribution < 1.29 is 19.1 Å². The highest BCUT2D eigenvalue weighted by Gasteiger charge is 2.24. The van der Waals surface area contributed by atoms with Crippen LogP contribution in [0.15, 0.2) is 70.3 Å². The fraction of sp³-hybridized carbons (Fsp3) is 0.231. The number of rotatable bonds is 10. The molecule has 0 unspecified atom stereocenters. The summed E-state index contributed by atoms with van der Waals surface area (Å²) in [6.45, 7) is 3.49. The number of nitrogens with one attached hydrogen (secondary N) is 1. The molecule has 0 saturated carbocycles. The van der Waals surface area contributed by atoms with Gasteiger partial charge in [0.25, 0.3) is 11.5 Å². The zero-order valence-electron chi connectivity index (χ0n) is 20.1. The number of nitrogens with zero attached hydrogens (tertiary/aromatic N) is 2.